The van der Waals surface area contributed by atoms with Gasteiger partial charge in [-0.15, -0.1) is 0 Å². The van der Waals surface area contributed by atoms with Crippen molar-refractivity contribution in [3.05, 3.63) is 68.4 Å². The first-order chi connectivity index (χ1) is 10.5. The summed E-state index contributed by atoms with van der Waals surface area (Å²) in [7, 11) is 0. The number of benzene rings is 2. The maximum absolute atomic E-state index is 14.1. The lowest BCUT2D eigenvalue weighted by molar-refractivity contribution is 0.613. The molecule has 3 rings (SSSR count). The minimum Gasteiger partial charge on any atom is -0.268 e. The summed E-state index contributed by atoms with van der Waals surface area (Å²) in [6.07, 6.45) is 0. The molecule has 0 fully saturated rings. The number of nitrogens with zero attached hydrogens (tertiary/aromatic N) is 2. The van der Waals surface area contributed by atoms with Crippen molar-refractivity contribution in [3.63, 3.8) is 0 Å². The first-order valence-corrected chi connectivity index (χ1v) is 8.12. The summed E-state index contributed by atoms with van der Waals surface area (Å²) in [5, 5.41) is 1.11. The highest BCUT2D eigenvalue weighted by atomic mass is 79.9. The molecule has 0 saturated carbocycles. The Morgan fingerprint density at radius 1 is 1.23 bits per heavy atom. The fraction of sp³-hybridized carbons (Fsp3) is 0.0667. The zero-order valence-corrected chi connectivity index (χ0v) is 14.1. The zero-order chi connectivity index (χ0) is 15.9. The third kappa shape index (κ3) is 2.53. The van der Waals surface area contributed by atoms with Gasteiger partial charge in [0.1, 0.15) is 11.6 Å². The molecule has 0 bridgehead atoms. The number of aromatic nitrogens is 2. The van der Waals surface area contributed by atoms with Gasteiger partial charge in [-0.1, -0.05) is 51.3 Å². The summed E-state index contributed by atoms with van der Waals surface area (Å²) in [5.41, 5.74) is 0.0551. The minimum atomic E-state index is -0.513. The molecule has 0 N–H and O–H groups in total. The number of rotatable bonds is 2. The monoisotopic (exact) mass is 400 g/mol. The first-order valence-electron chi connectivity index (χ1n) is 6.24. The average molecular weight is 402 g/mol. The van der Waals surface area contributed by atoms with Crippen LogP contribution in [0, 0.1) is 5.82 Å². The first kappa shape index (κ1) is 15.5. The summed E-state index contributed by atoms with van der Waals surface area (Å²) in [6, 6.07) is 9.01. The van der Waals surface area contributed by atoms with Crippen LogP contribution in [0.4, 0.5) is 4.39 Å². The van der Waals surface area contributed by atoms with Crippen molar-refractivity contribution in [1.29, 1.82) is 0 Å². The van der Waals surface area contributed by atoms with Crippen LogP contribution < -0.4 is 5.56 Å². The standard InChI is InChI=1S/C15H8BrCl2FN2O/c16-7-13-20-14-9(5-8(17)6-10(14)18)15(22)21(13)12-4-2-1-3-11(12)19/h1-6H,7H2. The second kappa shape index (κ2) is 5.99. The largest absolute Gasteiger partial charge is 0.268 e. The maximum Gasteiger partial charge on any atom is 0.266 e. The summed E-state index contributed by atoms with van der Waals surface area (Å²) in [6.45, 7) is 0. The second-order valence-corrected chi connectivity index (χ2v) is 5.94. The van der Waals surface area contributed by atoms with Crippen LogP contribution in [0.2, 0.25) is 10.0 Å². The van der Waals surface area contributed by atoms with Crippen LogP contribution >= 0.6 is 39.1 Å². The van der Waals surface area contributed by atoms with Crippen LogP contribution in [-0.2, 0) is 5.33 Å². The van der Waals surface area contributed by atoms with Gasteiger partial charge in [0.05, 0.1) is 26.9 Å². The number of fused-ring (bicyclic) bond motifs is 1. The van der Waals surface area contributed by atoms with Crippen LogP contribution in [0.5, 0.6) is 0 Å². The van der Waals surface area contributed by atoms with Gasteiger partial charge in [0.2, 0.25) is 0 Å². The lowest BCUT2D eigenvalue weighted by Gasteiger charge is -2.13. The van der Waals surface area contributed by atoms with Gasteiger partial charge in [-0.3, -0.25) is 9.36 Å². The lowest BCUT2D eigenvalue weighted by atomic mass is 10.2. The van der Waals surface area contributed by atoms with E-state index in [0.717, 1.165) is 0 Å². The van der Waals surface area contributed by atoms with Gasteiger partial charge in [-0.25, -0.2) is 9.37 Å². The molecule has 0 amide bonds. The number of alkyl halides is 1. The second-order valence-electron chi connectivity index (χ2n) is 4.54. The molecule has 0 aliphatic heterocycles. The Balaban J connectivity index is 2.48. The van der Waals surface area contributed by atoms with E-state index in [0.29, 0.717) is 16.4 Å². The Morgan fingerprint density at radius 3 is 2.64 bits per heavy atom. The molecule has 0 aliphatic rings. The molecule has 2 aromatic carbocycles. The van der Waals surface area contributed by atoms with Crippen LogP contribution in [-0.4, -0.2) is 9.55 Å². The highest BCUT2D eigenvalue weighted by Crippen LogP contribution is 2.26. The molecule has 22 heavy (non-hydrogen) atoms. The maximum atomic E-state index is 14.1. The molecule has 0 aliphatic carbocycles. The molecule has 0 unspecified atom stereocenters. The van der Waals surface area contributed by atoms with Gasteiger partial charge in [0.25, 0.3) is 5.56 Å². The molecule has 0 spiro atoms. The summed E-state index contributed by atoms with van der Waals surface area (Å²) in [5.74, 6) is -0.159. The fourth-order valence-electron chi connectivity index (χ4n) is 2.23. The van der Waals surface area contributed by atoms with E-state index in [1.807, 2.05) is 0 Å². The predicted molar refractivity (Wildman–Crippen MR) is 89.9 cm³/mol. The third-order valence-electron chi connectivity index (χ3n) is 3.17. The quantitative estimate of drug-likeness (QED) is 0.582. The SMILES string of the molecule is O=c1c2cc(Cl)cc(Cl)c2nc(CBr)n1-c1ccccc1F. The van der Waals surface area contributed by atoms with E-state index < -0.39 is 11.4 Å². The summed E-state index contributed by atoms with van der Waals surface area (Å²) < 4.78 is 15.3. The van der Waals surface area contributed by atoms with Crippen LogP contribution in [0.15, 0.2) is 41.2 Å². The molecular formula is C15H8BrCl2FN2O. The van der Waals surface area contributed by atoms with E-state index in [4.69, 9.17) is 23.2 Å². The van der Waals surface area contributed by atoms with E-state index in [9.17, 15) is 9.18 Å². The van der Waals surface area contributed by atoms with Crippen molar-refractivity contribution in [2.45, 2.75) is 5.33 Å². The Labute approximate surface area is 143 Å². The van der Waals surface area contributed by atoms with Gasteiger partial charge < -0.3 is 0 Å². The van der Waals surface area contributed by atoms with Crippen molar-refractivity contribution in [1.82, 2.24) is 9.55 Å². The van der Waals surface area contributed by atoms with Crippen molar-refractivity contribution < 1.29 is 4.39 Å². The molecule has 112 valence electrons. The normalized spacial score (nSPS) is 11.1. The Kier molecular flexibility index (Phi) is 4.21. The Hall–Kier alpha value is -1.43. The molecule has 0 saturated heterocycles. The van der Waals surface area contributed by atoms with Crippen molar-refractivity contribution in [2.75, 3.05) is 0 Å². The van der Waals surface area contributed by atoms with Crippen LogP contribution in [0.1, 0.15) is 5.82 Å². The minimum absolute atomic E-state index is 0.132. The molecule has 0 radical (unpaired) electrons. The molecular weight excluding hydrogens is 394 g/mol. The zero-order valence-electron chi connectivity index (χ0n) is 11.0. The highest BCUT2D eigenvalue weighted by Gasteiger charge is 2.16. The fourth-order valence-corrected chi connectivity index (χ4v) is 3.14. The van der Waals surface area contributed by atoms with Gasteiger partial charge in [0, 0.05) is 5.02 Å². The van der Waals surface area contributed by atoms with Gasteiger partial charge in [-0.05, 0) is 24.3 Å². The lowest BCUT2D eigenvalue weighted by Crippen LogP contribution is -2.24. The Morgan fingerprint density at radius 2 is 1.95 bits per heavy atom. The van der Waals surface area contributed by atoms with Gasteiger partial charge in [0.15, 0.2) is 0 Å². The van der Waals surface area contributed by atoms with E-state index in [1.54, 1.807) is 12.1 Å². The van der Waals surface area contributed by atoms with Crippen LogP contribution in [0.25, 0.3) is 16.6 Å². The Bertz CT molecular complexity index is 943. The third-order valence-corrected chi connectivity index (χ3v) is 4.18. The smallest absolute Gasteiger partial charge is 0.266 e. The number of para-hydroxylation sites is 1. The predicted octanol–water partition coefficient (Wildman–Crippen LogP) is 4.73. The molecule has 0 atom stereocenters. The number of hydrogen-bond donors (Lipinski definition) is 0. The van der Waals surface area contributed by atoms with Crippen LogP contribution in [0.3, 0.4) is 0 Å². The molecule has 1 aromatic heterocycles. The highest BCUT2D eigenvalue weighted by molar-refractivity contribution is 9.08. The van der Waals surface area contributed by atoms with Gasteiger partial charge in [-0.2, -0.15) is 0 Å². The molecule has 3 aromatic rings. The molecule has 7 heteroatoms. The number of hydrogen-bond acceptors (Lipinski definition) is 2. The summed E-state index contributed by atoms with van der Waals surface area (Å²) >= 11 is 15.3. The van der Waals surface area contributed by atoms with Crippen molar-refractivity contribution >= 4 is 50.0 Å². The van der Waals surface area contributed by atoms with Gasteiger partial charge >= 0.3 is 0 Å². The average Bonchev–Trinajstić information content (AvgIpc) is 2.49. The summed E-state index contributed by atoms with van der Waals surface area (Å²) in [4.78, 5) is 17.2. The van der Waals surface area contributed by atoms with Crippen molar-refractivity contribution in [3.8, 4) is 5.69 Å². The molecule has 3 nitrogen and oxygen atoms in total. The number of halogens is 4. The van der Waals surface area contributed by atoms with E-state index in [1.165, 1.54) is 28.8 Å². The molecule has 1 heterocycles. The van der Waals surface area contributed by atoms with Crippen molar-refractivity contribution in [2.24, 2.45) is 0 Å². The van der Waals surface area contributed by atoms with E-state index >= 15 is 0 Å². The topological polar surface area (TPSA) is 34.9 Å². The van der Waals surface area contributed by atoms with E-state index in [2.05, 4.69) is 20.9 Å². The van der Waals surface area contributed by atoms with E-state index in [-0.39, 0.29) is 21.4 Å².